The molecule has 0 aliphatic carbocycles. The van der Waals surface area contributed by atoms with Gasteiger partial charge in [0, 0.05) is 11.8 Å². The molecule has 1 aromatic heterocycles. The van der Waals surface area contributed by atoms with E-state index in [2.05, 4.69) is 26.2 Å². The third-order valence-corrected chi connectivity index (χ3v) is 3.76. The van der Waals surface area contributed by atoms with E-state index >= 15 is 0 Å². The molecule has 2 N–H and O–H groups in total. The van der Waals surface area contributed by atoms with Gasteiger partial charge >= 0.3 is 6.03 Å². The van der Waals surface area contributed by atoms with Crippen molar-refractivity contribution in [1.82, 2.24) is 25.5 Å². The predicted octanol–water partition coefficient (Wildman–Crippen LogP) is 2.18. The second-order valence-electron chi connectivity index (χ2n) is 5.66. The third-order valence-electron chi connectivity index (χ3n) is 3.76. The minimum atomic E-state index is -0.323. The standard InChI is InChI=1S/C18H20N6O3/c1-13-6-7-14(10-17(13)24-12-20-22-23-24)21-18(25)19-8-9-27-16-5-3-4-15(11-16)26-2/h3-7,10-12H,8-9H2,1-2H3,(H2,19,21,25). The molecule has 0 radical (unpaired) electrons. The normalized spacial score (nSPS) is 10.3. The molecule has 2 amide bonds. The number of hydrogen-bond donors (Lipinski definition) is 2. The number of anilines is 1. The number of hydrogen-bond acceptors (Lipinski definition) is 6. The van der Waals surface area contributed by atoms with Gasteiger partial charge < -0.3 is 20.1 Å². The fourth-order valence-corrected chi connectivity index (χ4v) is 2.41. The maximum absolute atomic E-state index is 12.1. The zero-order valence-electron chi connectivity index (χ0n) is 15.0. The van der Waals surface area contributed by atoms with Crippen LogP contribution in [0.5, 0.6) is 11.5 Å². The molecule has 0 saturated carbocycles. The number of nitrogens with one attached hydrogen (secondary N) is 2. The summed E-state index contributed by atoms with van der Waals surface area (Å²) in [7, 11) is 1.60. The molecule has 3 rings (SSSR count). The Balaban J connectivity index is 1.49. The van der Waals surface area contributed by atoms with Gasteiger partial charge in [-0.15, -0.1) is 5.10 Å². The molecule has 2 aromatic carbocycles. The van der Waals surface area contributed by atoms with Crippen molar-refractivity contribution < 1.29 is 14.3 Å². The molecule has 0 bridgehead atoms. The van der Waals surface area contributed by atoms with Crippen molar-refractivity contribution in [2.45, 2.75) is 6.92 Å². The number of nitrogens with zero attached hydrogens (tertiary/aromatic N) is 4. The Kier molecular flexibility index (Phi) is 5.83. The van der Waals surface area contributed by atoms with Crippen LogP contribution in [0.15, 0.2) is 48.8 Å². The van der Waals surface area contributed by atoms with Gasteiger partial charge in [-0.3, -0.25) is 0 Å². The van der Waals surface area contributed by atoms with Gasteiger partial charge in [0.05, 0.1) is 19.3 Å². The quantitative estimate of drug-likeness (QED) is 0.620. The maximum atomic E-state index is 12.1. The summed E-state index contributed by atoms with van der Waals surface area (Å²) in [5.41, 5.74) is 2.41. The Labute approximate surface area is 156 Å². The fraction of sp³-hybridized carbons (Fsp3) is 0.222. The van der Waals surface area contributed by atoms with Crippen LogP contribution in [0.4, 0.5) is 10.5 Å². The molecule has 0 fully saturated rings. The van der Waals surface area contributed by atoms with E-state index < -0.39 is 0 Å². The first-order chi connectivity index (χ1) is 13.2. The molecule has 0 saturated heterocycles. The van der Waals surface area contributed by atoms with Crippen LogP contribution in [0.25, 0.3) is 5.69 Å². The lowest BCUT2D eigenvalue weighted by molar-refractivity contribution is 0.247. The number of aryl methyl sites for hydroxylation is 1. The monoisotopic (exact) mass is 368 g/mol. The van der Waals surface area contributed by atoms with Gasteiger partial charge in [-0.1, -0.05) is 12.1 Å². The van der Waals surface area contributed by atoms with E-state index in [1.54, 1.807) is 23.9 Å². The van der Waals surface area contributed by atoms with Crippen LogP contribution >= 0.6 is 0 Å². The van der Waals surface area contributed by atoms with Crippen LogP contribution in [0.1, 0.15) is 5.56 Å². The van der Waals surface area contributed by atoms with E-state index in [0.29, 0.717) is 24.6 Å². The molecule has 3 aromatic rings. The van der Waals surface area contributed by atoms with Crippen molar-refractivity contribution >= 4 is 11.7 Å². The second-order valence-corrected chi connectivity index (χ2v) is 5.66. The molecule has 0 atom stereocenters. The van der Waals surface area contributed by atoms with Crippen LogP contribution in [0, 0.1) is 6.92 Å². The summed E-state index contributed by atoms with van der Waals surface area (Å²) >= 11 is 0. The number of aromatic nitrogens is 4. The molecule has 0 aliphatic heterocycles. The average molecular weight is 368 g/mol. The largest absolute Gasteiger partial charge is 0.497 e. The number of rotatable bonds is 7. The molecule has 0 unspecified atom stereocenters. The Bertz CT molecular complexity index is 898. The number of carbonyl (C=O) groups excluding carboxylic acids is 1. The Morgan fingerprint density at radius 1 is 1.19 bits per heavy atom. The highest BCUT2D eigenvalue weighted by Crippen LogP contribution is 2.19. The van der Waals surface area contributed by atoms with Gasteiger partial charge in [0.15, 0.2) is 0 Å². The van der Waals surface area contributed by atoms with Crippen LogP contribution in [0.2, 0.25) is 0 Å². The van der Waals surface area contributed by atoms with E-state index in [-0.39, 0.29) is 6.03 Å². The first kappa shape index (κ1) is 18.2. The topological polar surface area (TPSA) is 103 Å². The molecule has 27 heavy (non-hydrogen) atoms. The highest BCUT2D eigenvalue weighted by molar-refractivity contribution is 5.89. The summed E-state index contributed by atoms with van der Waals surface area (Å²) in [6.45, 7) is 2.63. The van der Waals surface area contributed by atoms with Gasteiger partial charge in [-0.2, -0.15) is 0 Å². The molecule has 0 aliphatic rings. The number of tetrazole rings is 1. The van der Waals surface area contributed by atoms with Gasteiger partial charge in [0.25, 0.3) is 0 Å². The maximum Gasteiger partial charge on any atom is 0.319 e. The number of carbonyl (C=O) groups is 1. The first-order valence-electron chi connectivity index (χ1n) is 8.31. The molecular formula is C18H20N6O3. The van der Waals surface area contributed by atoms with E-state index in [1.807, 2.05) is 37.3 Å². The SMILES string of the molecule is COc1cccc(OCCNC(=O)Nc2ccc(C)c(-n3cnnn3)c2)c1. The minimum absolute atomic E-state index is 0.323. The number of amides is 2. The molecule has 140 valence electrons. The number of methoxy groups -OCH3 is 1. The molecule has 0 spiro atoms. The van der Waals surface area contributed by atoms with Crippen LogP contribution < -0.4 is 20.1 Å². The van der Waals surface area contributed by atoms with Crippen molar-refractivity contribution in [2.24, 2.45) is 0 Å². The van der Waals surface area contributed by atoms with Crippen LogP contribution in [-0.4, -0.2) is 46.5 Å². The van der Waals surface area contributed by atoms with Gasteiger partial charge in [0.2, 0.25) is 0 Å². The minimum Gasteiger partial charge on any atom is -0.497 e. The zero-order chi connectivity index (χ0) is 19.1. The van der Waals surface area contributed by atoms with Crippen molar-refractivity contribution in [2.75, 3.05) is 25.6 Å². The zero-order valence-corrected chi connectivity index (χ0v) is 15.0. The van der Waals surface area contributed by atoms with E-state index in [4.69, 9.17) is 9.47 Å². The lowest BCUT2D eigenvalue weighted by Gasteiger charge is -2.11. The van der Waals surface area contributed by atoms with Crippen molar-refractivity contribution in [3.05, 3.63) is 54.4 Å². The highest BCUT2D eigenvalue weighted by Gasteiger charge is 2.07. The summed E-state index contributed by atoms with van der Waals surface area (Å²) in [6.07, 6.45) is 1.50. The third kappa shape index (κ3) is 4.94. The molecule has 9 nitrogen and oxygen atoms in total. The smallest absolute Gasteiger partial charge is 0.319 e. The number of urea groups is 1. The van der Waals surface area contributed by atoms with Crippen LogP contribution in [-0.2, 0) is 0 Å². The average Bonchev–Trinajstić information content (AvgIpc) is 3.21. The highest BCUT2D eigenvalue weighted by atomic mass is 16.5. The molecule has 9 heteroatoms. The van der Waals surface area contributed by atoms with Crippen LogP contribution in [0.3, 0.4) is 0 Å². The summed E-state index contributed by atoms with van der Waals surface area (Å²) in [4.78, 5) is 12.1. The van der Waals surface area contributed by atoms with Gasteiger partial charge in [-0.05, 0) is 47.2 Å². The van der Waals surface area contributed by atoms with Gasteiger partial charge in [0.1, 0.15) is 24.4 Å². The van der Waals surface area contributed by atoms with E-state index in [0.717, 1.165) is 17.0 Å². The second kappa shape index (κ2) is 8.65. The number of benzene rings is 2. The van der Waals surface area contributed by atoms with Crippen molar-refractivity contribution in [3.8, 4) is 17.2 Å². The number of ether oxygens (including phenoxy) is 2. The Morgan fingerprint density at radius 2 is 2.04 bits per heavy atom. The van der Waals surface area contributed by atoms with E-state index in [9.17, 15) is 4.79 Å². The summed E-state index contributed by atoms with van der Waals surface area (Å²) in [5.74, 6) is 1.40. The summed E-state index contributed by atoms with van der Waals surface area (Å²) in [6, 6.07) is 12.5. The molecule has 1 heterocycles. The lowest BCUT2D eigenvalue weighted by Crippen LogP contribution is -2.32. The Hall–Kier alpha value is -3.62. The van der Waals surface area contributed by atoms with Crippen molar-refractivity contribution in [1.29, 1.82) is 0 Å². The Morgan fingerprint density at radius 3 is 2.81 bits per heavy atom. The predicted molar refractivity (Wildman–Crippen MR) is 99.4 cm³/mol. The fourth-order valence-electron chi connectivity index (χ4n) is 2.41. The summed E-state index contributed by atoms with van der Waals surface area (Å²) in [5, 5.41) is 16.7. The van der Waals surface area contributed by atoms with E-state index in [1.165, 1.54) is 6.33 Å². The lowest BCUT2D eigenvalue weighted by atomic mass is 10.2. The first-order valence-corrected chi connectivity index (χ1v) is 8.31. The van der Waals surface area contributed by atoms with Gasteiger partial charge in [-0.25, -0.2) is 9.48 Å². The molecular weight excluding hydrogens is 348 g/mol. The van der Waals surface area contributed by atoms with Crippen molar-refractivity contribution in [3.63, 3.8) is 0 Å². The summed E-state index contributed by atoms with van der Waals surface area (Å²) < 4.78 is 12.3.